The van der Waals surface area contributed by atoms with Crippen molar-refractivity contribution < 1.29 is 4.79 Å². The molecule has 29 heavy (non-hydrogen) atoms. The molecule has 1 amide bonds. The molecule has 0 radical (unpaired) electrons. The molecule has 1 aliphatic rings. The third-order valence-electron chi connectivity index (χ3n) is 5.53. The minimum atomic E-state index is -0.0619. The monoisotopic (exact) mass is 386 g/mol. The highest BCUT2D eigenvalue weighted by Crippen LogP contribution is 2.26. The van der Waals surface area contributed by atoms with E-state index < -0.39 is 0 Å². The van der Waals surface area contributed by atoms with Crippen molar-refractivity contribution in [2.75, 3.05) is 31.9 Å². The standard InChI is InChI=1S/C24H26N4O/c25-23-22(10-5-12-26-23)19-8-4-9-20(16-19)24(29)27-13-15-28-14-11-21(17-28)18-6-2-1-3-7-18/h1-10,12,16,21H,11,13-15,17H2,(H2,25,26)(H,27,29). The summed E-state index contributed by atoms with van der Waals surface area (Å²) in [4.78, 5) is 19.1. The van der Waals surface area contributed by atoms with Crippen molar-refractivity contribution in [2.24, 2.45) is 0 Å². The number of hydrogen-bond donors (Lipinski definition) is 2. The van der Waals surface area contributed by atoms with Crippen LogP contribution in [0, 0.1) is 0 Å². The number of rotatable bonds is 6. The number of hydrogen-bond acceptors (Lipinski definition) is 4. The molecule has 2 heterocycles. The van der Waals surface area contributed by atoms with Gasteiger partial charge in [-0.1, -0.05) is 42.5 Å². The van der Waals surface area contributed by atoms with Crippen molar-refractivity contribution in [1.29, 1.82) is 0 Å². The van der Waals surface area contributed by atoms with Gasteiger partial charge in [-0.2, -0.15) is 0 Å². The Kier molecular flexibility index (Phi) is 5.86. The smallest absolute Gasteiger partial charge is 0.251 e. The fourth-order valence-corrected chi connectivity index (χ4v) is 3.95. The Morgan fingerprint density at radius 1 is 1.10 bits per heavy atom. The van der Waals surface area contributed by atoms with Gasteiger partial charge in [-0.3, -0.25) is 4.79 Å². The largest absolute Gasteiger partial charge is 0.383 e. The van der Waals surface area contributed by atoms with Gasteiger partial charge >= 0.3 is 0 Å². The van der Waals surface area contributed by atoms with Crippen LogP contribution in [0.1, 0.15) is 28.3 Å². The number of aromatic nitrogens is 1. The lowest BCUT2D eigenvalue weighted by atomic mass is 9.99. The molecule has 1 saturated heterocycles. The molecule has 2 aromatic carbocycles. The second-order valence-corrected chi connectivity index (χ2v) is 7.47. The van der Waals surface area contributed by atoms with Crippen LogP contribution in [0.4, 0.5) is 5.82 Å². The van der Waals surface area contributed by atoms with Gasteiger partial charge in [-0.25, -0.2) is 4.98 Å². The summed E-state index contributed by atoms with van der Waals surface area (Å²) in [6.07, 6.45) is 2.84. The van der Waals surface area contributed by atoms with E-state index in [4.69, 9.17) is 5.73 Å². The molecular formula is C24H26N4O. The van der Waals surface area contributed by atoms with Crippen molar-refractivity contribution in [3.05, 3.63) is 84.1 Å². The van der Waals surface area contributed by atoms with Gasteiger partial charge in [-0.05, 0) is 54.3 Å². The molecule has 3 N–H and O–H groups in total. The molecule has 0 bridgehead atoms. The average Bonchev–Trinajstić information content (AvgIpc) is 3.24. The van der Waals surface area contributed by atoms with Crippen molar-refractivity contribution in [3.8, 4) is 11.1 Å². The molecule has 3 aromatic rings. The fourth-order valence-electron chi connectivity index (χ4n) is 3.95. The summed E-state index contributed by atoms with van der Waals surface area (Å²) < 4.78 is 0. The Hall–Kier alpha value is -3.18. The van der Waals surface area contributed by atoms with E-state index in [0.29, 0.717) is 23.8 Å². The van der Waals surface area contributed by atoms with Crippen LogP contribution in [0.3, 0.4) is 0 Å². The molecule has 0 saturated carbocycles. The van der Waals surface area contributed by atoms with Gasteiger partial charge in [0.1, 0.15) is 5.82 Å². The number of nitrogens with two attached hydrogens (primary N) is 1. The molecule has 1 aliphatic heterocycles. The topological polar surface area (TPSA) is 71.2 Å². The summed E-state index contributed by atoms with van der Waals surface area (Å²) in [5.41, 5.74) is 9.74. The number of anilines is 1. The number of nitrogen functional groups attached to an aromatic ring is 1. The Morgan fingerprint density at radius 2 is 1.97 bits per heavy atom. The molecule has 5 heteroatoms. The van der Waals surface area contributed by atoms with E-state index in [0.717, 1.165) is 30.8 Å². The summed E-state index contributed by atoms with van der Waals surface area (Å²) in [6.45, 7) is 3.63. The van der Waals surface area contributed by atoms with E-state index in [1.807, 2.05) is 36.4 Å². The van der Waals surface area contributed by atoms with Crippen LogP contribution in [0.5, 0.6) is 0 Å². The predicted octanol–water partition coefficient (Wildman–Crippen LogP) is 3.55. The lowest BCUT2D eigenvalue weighted by Gasteiger charge is -2.16. The van der Waals surface area contributed by atoms with E-state index >= 15 is 0 Å². The average molecular weight is 386 g/mol. The number of nitrogens with one attached hydrogen (secondary N) is 1. The molecule has 0 aliphatic carbocycles. The summed E-state index contributed by atoms with van der Waals surface area (Å²) in [7, 11) is 0. The van der Waals surface area contributed by atoms with Gasteiger partial charge < -0.3 is 16.0 Å². The van der Waals surface area contributed by atoms with Crippen LogP contribution in [0.25, 0.3) is 11.1 Å². The number of carbonyl (C=O) groups excluding carboxylic acids is 1. The Labute approximate surface area is 171 Å². The summed E-state index contributed by atoms with van der Waals surface area (Å²) in [5.74, 6) is 0.994. The third-order valence-corrected chi connectivity index (χ3v) is 5.53. The van der Waals surface area contributed by atoms with E-state index in [1.54, 1.807) is 6.20 Å². The zero-order valence-corrected chi connectivity index (χ0v) is 16.4. The van der Waals surface area contributed by atoms with Gasteiger partial charge in [0.05, 0.1) is 0 Å². The zero-order valence-electron chi connectivity index (χ0n) is 16.4. The predicted molar refractivity (Wildman–Crippen MR) is 117 cm³/mol. The Bertz CT molecular complexity index is 973. The van der Waals surface area contributed by atoms with Crippen LogP contribution in [-0.2, 0) is 0 Å². The molecule has 0 spiro atoms. The molecule has 1 aromatic heterocycles. The first kappa shape index (κ1) is 19.2. The summed E-state index contributed by atoms with van der Waals surface area (Å²) >= 11 is 0. The Morgan fingerprint density at radius 3 is 2.79 bits per heavy atom. The second-order valence-electron chi connectivity index (χ2n) is 7.47. The maximum absolute atomic E-state index is 12.6. The summed E-state index contributed by atoms with van der Waals surface area (Å²) in [5, 5.41) is 3.05. The number of benzene rings is 2. The van der Waals surface area contributed by atoms with Gasteiger partial charge in [-0.15, -0.1) is 0 Å². The normalized spacial score (nSPS) is 16.6. The molecular weight excluding hydrogens is 360 g/mol. The molecule has 5 nitrogen and oxygen atoms in total. The quantitative estimate of drug-likeness (QED) is 0.680. The van der Waals surface area contributed by atoms with Crippen LogP contribution < -0.4 is 11.1 Å². The maximum atomic E-state index is 12.6. The highest BCUT2D eigenvalue weighted by Gasteiger charge is 2.23. The number of amides is 1. The molecule has 1 fully saturated rings. The van der Waals surface area contributed by atoms with Gasteiger partial charge in [0.25, 0.3) is 5.91 Å². The first-order valence-electron chi connectivity index (χ1n) is 10.1. The highest BCUT2D eigenvalue weighted by molar-refractivity contribution is 5.95. The van der Waals surface area contributed by atoms with E-state index in [-0.39, 0.29) is 5.91 Å². The van der Waals surface area contributed by atoms with Crippen molar-refractivity contribution in [1.82, 2.24) is 15.2 Å². The van der Waals surface area contributed by atoms with Crippen molar-refractivity contribution in [3.63, 3.8) is 0 Å². The van der Waals surface area contributed by atoms with Gasteiger partial charge in [0, 0.05) is 37.0 Å². The zero-order chi connectivity index (χ0) is 20.1. The number of carbonyl (C=O) groups is 1. The van der Waals surface area contributed by atoms with Crippen LogP contribution >= 0.6 is 0 Å². The Balaban J connectivity index is 1.31. The minimum absolute atomic E-state index is 0.0619. The SMILES string of the molecule is Nc1ncccc1-c1cccc(C(=O)NCCN2CCC(c3ccccc3)C2)c1. The molecule has 148 valence electrons. The first-order chi connectivity index (χ1) is 14.2. The lowest BCUT2D eigenvalue weighted by molar-refractivity contribution is 0.0949. The van der Waals surface area contributed by atoms with Gasteiger partial charge in [0.15, 0.2) is 0 Å². The maximum Gasteiger partial charge on any atom is 0.251 e. The first-order valence-corrected chi connectivity index (χ1v) is 10.1. The van der Waals surface area contributed by atoms with Crippen molar-refractivity contribution >= 4 is 11.7 Å². The fraction of sp³-hybridized carbons (Fsp3) is 0.250. The number of nitrogens with zero attached hydrogens (tertiary/aromatic N) is 2. The van der Waals surface area contributed by atoms with E-state index in [9.17, 15) is 4.79 Å². The number of pyridine rings is 1. The second kappa shape index (κ2) is 8.88. The molecule has 1 unspecified atom stereocenters. The number of likely N-dealkylation sites (tertiary alicyclic amines) is 1. The summed E-state index contributed by atoms with van der Waals surface area (Å²) in [6, 6.07) is 21.9. The van der Waals surface area contributed by atoms with E-state index in [1.165, 1.54) is 12.0 Å². The van der Waals surface area contributed by atoms with Crippen LogP contribution in [-0.4, -0.2) is 42.0 Å². The third kappa shape index (κ3) is 4.63. The molecule has 4 rings (SSSR count). The minimum Gasteiger partial charge on any atom is -0.383 e. The van der Waals surface area contributed by atoms with Crippen molar-refractivity contribution in [2.45, 2.75) is 12.3 Å². The highest BCUT2D eigenvalue weighted by atomic mass is 16.1. The van der Waals surface area contributed by atoms with E-state index in [2.05, 4.69) is 45.5 Å². The van der Waals surface area contributed by atoms with Crippen LogP contribution in [0.15, 0.2) is 72.9 Å². The van der Waals surface area contributed by atoms with Crippen LogP contribution in [0.2, 0.25) is 0 Å². The van der Waals surface area contributed by atoms with Gasteiger partial charge in [0.2, 0.25) is 0 Å². The lowest BCUT2D eigenvalue weighted by Crippen LogP contribution is -2.33. The molecule has 1 atom stereocenters.